The molecule has 0 atom stereocenters. The summed E-state index contributed by atoms with van der Waals surface area (Å²) in [5, 5.41) is 7.65. The lowest BCUT2D eigenvalue weighted by molar-refractivity contribution is 1.09. The van der Waals surface area contributed by atoms with Crippen LogP contribution in [0.15, 0.2) is 16.9 Å². The zero-order valence-electron chi connectivity index (χ0n) is 5.20. The van der Waals surface area contributed by atoms with Crippen LogP contribution in [0.1, 0.15) is 0 Å². The molecule has 2 heterocycles. The number of rotatable bonds is 0. The monoisotopic (exact) mass is 232 g/mol. The van der Waals surface area contributed by atoms with E-state index in [-0.39, 0.29) is 0 Å². The molecule has 56 valence electrons. The summed E-state index contributed by atoms with van der Waals surface area (Å²) >= 11 is 8.93. The summed E-state index contributed by atoms with van der Waals surface area (Å²) in [5.41, 5.74) is 0. The smallest absolute Gasteiger partial charge is 0.256 e. The molecule has 0 saturated carbocycles. The van der Waals surface area contributed by atoms with Gasteiger partial charge in [-0.25, -0.2) is 4.98 Å². The first-order valence-corrected chi connectivity index (χ1v) is 3.96. The third-order valence-electron chi connectivity index (χ3n) is 1.19. The van der Waals surface area contributed by atoms with E-state index in [9.17, 15) is 0 Å². The molecule has 0 N–H and O–H groups in total. The molecule has 6 heteroatoms. The fourth-order valence-corrected chi connectivity index (χ4v) is 1.21. The topological polar surface area (TPSA) is 43.1 Å². The molecule has 0 aliphatic heterocycles. The van der Waals surface area contributed by atoms with Crippen molar-refractivity contribution < 1.29 is 0 Å². The number of hydrogen-bond acceptors (Lipinski definition) is 3. The predicted octanol–water partition coefficient (Wildman–Crippen LogP) is 1.54. The van der Waals surface area contributed by atoms with Gasteiger partial charge in [-0.2, -0.15) is 0 Å². The zero-order valence-corrected chi connectivity index (χ0v) is 7.54. The van der Waals surface area contributed by atoms with Crippen molar-refractivity contribution in [1.29, 1.82) is 0 Å². The molecule has 0 bridgehead atoms. The zero-order chi connectivity index (χ0) is 7.84. The van der Waals surface area contributed by atoms with Crippen LogP contribution in [0.5, 0.6) is 0 Å². The van der Waals surface area contributed by atoms with Gasteiger partial charge in [0.1, 0.15) is 0 Å². The van der Waals surface area contributed by atoms with Gasteiger partial charge < -0.3 is 0 Å². The molecule has 0 fully saturated rings. The van der Waals surface area contributed by atoms with Crippen molar-refractivity contribution in [2.24, 2.45) is 0 Å². The van der Waals surface area contributed by atoms with E-state index in [1.807, 2.05) is 0 Å². The van der Waals surface area contributed by atoms with Gasteiger partial charge in [-0.05, 0) is 27.5 Å². The highest BCUT2D eigenvalue weighted by molar-refractivity contribution is 9.10. The fraction of sp³-hybridized carbons (Fsp3) is 0. The Kier molecular flexibility index (Phi) is 1.54. The van der Waals surface area contributed by atoms with Gasteiger partial charge in [0.25, 0.3) is 5.78 Å². The van der Waals surface area contributed by atoms with Gasteiger partial charge in [0.2, 0.25) is 5.28 Å². The van der Waals surface area contributed by atoms with E-state index in [1.54, 1.807) is 16.8 Å². The quantitative estimate of drug-likeness (QED) is 0.693. The minimum Gasteiger partial charge on any atom is -0.256 e. The molecular formula is C5H2BrClN4. The average molecular weight is 233 g/mol. The minimum absolute atomic E-state index is 0.314. The van der Waals surface area contributed by atoms with Crippen LogP contribution in [0, 0.1) is 0 Å². The van der Waals surface area contributed by atoms with Crippen LogP contribution in [0.2, 0.25) is 5.28 Å². The maximum atomic E-state index is 5.67. The van der Waals surface area contributed by atoms with Gasteiger partial charge in [-0.3, -0.25) is 4.40 Å². The van der Waals surface area contributed by atoms with E-state index in [2.05, 4.69) is 31.1 Å². The Labute approximate surface area is 75.3 Å². The summed E-state index contributed by atoms with van der Waals surface area (Å²) in [6, 6.07) is 0. The second-order valence-corrected chi connectivity index (χ2v) is 3.16. The highest BCUT2D eigenvalue weighted by Gasteiger charge is 2.01. The number of nitrogens with zero attached hydrogens (tertiary/aromatic N) is 4. The van der Waals surface area contributed by atoms with Crippen LogP contribution in [0.4, 0.5) is 0 Å². The van der Waals surface area contributed by atoms with Crippen molar-refractivity contribution >= 4 is 33.3 Å². The standard InChI is InChI=1S/C5H2BrClN4/c6-3-1-8-5-10-9-4(7)11(5)2-3/h1-2H. The highest BCUT2D eigenvalue weighted by Crippen LogP contribution is 2.11. The van der Waals surface area contributed by atoms with Gasteiger partial charge in [0.15, 0.2) is 0 Å². The Morgan fingerprint density at radius 1 is 1.45 bits per heavy atom. The largest absolute Gasteiger partial charge is 0.256 e. The average Bonchev–Trinajstić information content (AvgIpc) is 2.33. The van der Waals surface area contributed by atoms with Crippen LogP contribution in [0.3, 0.4) is 0 Å². The van der Waals surface area contributed by atoms with Crippen LogP contribution in [-0.2, 0) is 0 Å². The molecule has 0 aromatic carbocycles. The molecule has 0 saturated heterocycles. The van der Waals surface area contributed by atoms with Crippen molar-refractivity contribution in [3.05, 3.63) is 22.1 Å². The van der Waals surface area contributed by atoms with Gasteiger partial charge in [0, 0.05) is 12.4 Å². The molecule has 4 nitrogen and oxygen atoms in total. The van der Waals surface area contributed by atoms with Gasteiger partial charge in [0.05, 0.1) is 4.47 Å². The van der Waals surface area contributed by atoms with Gasteiger partial charge >= 0.3 is 0 Å². The Morgan fingerprint density at radius 2 is 2.27 bits per heavy atom. The first-order chi connectivity index (χ1) is 5.27. The molecule has 0 amide bonds. The summed E-state index contributed by atoms with van der Waals surface area (Å²) in [6.07, 6.45) is 3.39. The molecule has 0 aliphatic carbocycles. The number of halogens is 2. The molecule has 11 heavy (non-hydrogen) atoms. The van der Waals surface area contributed by atoms with Gasteiger partial charge in [-0.15, -0.1) is 10.2 Å². The van der Waals surface area contributed by atoms with Crippen LogP contribution >= 0.6 is 27.5 Å². The van der Waals surface area contributed by atoms with E-state index in [4.69, 9.17) is 11.6 Å². The van der Waals surface area contributed by atoms with E-state index >= 15 is 0 Å². The van der Waals surface area contributed by atoms with E-state index in [0.29, 0.717) is 11.1 Å². The van der Waals surface area contributed by atoms with E-state index in [1.165, 1.54) is 0 Å². The maximum Gasteiger partial charge on any atom is 0.256 e. The third kappa shape index (κ3) is 1.10. The molecule has 0 unspecified atom stereocenters. The summed E-state index contributed by atoms with van der Waals surface area (Å²) < 4.78 is 2.43. The summed E-state index contributed by atoms with van der Waals surface area (Å²) in [4.78, 5) is 3.96. The highest BCUT2D eigenvalue weighted by atomic mass is 79.9. The predicted molar refractivity (Wildman–Crippen MR) is 43.5 cm³/mol. The van der Waals surface area contributed by atoms with Crippen LogP contribution < -0.4 is 0 Å². The lowest BCUT2D eigenvalue weighted by Crippen LogP contribution is -1.87. The second kappa shape index (κ2) is 2.42. The van der Waals surface area contributed by atoms with Crippen molar-refractivity contribution in [2.75, 3.05) is 0 Å². The van der Waals surface area contributed by atoms with Crippen molar-refractivity contribution in [1.82, 2.24) is 19.6 Å². The third-order valence-corrected chi connectivity index (χ3v) is 1.86. The SMILES string of the molecule is Clc1nnc2ncc(Br)cn12. The van der Waals surface area contributed by atoms with Crippen LogP contribution in [-0.4, -0.2) is 19.6 Å². The molecular weight excluding hydrogens is 231 g/mol. The summed E-state index contributed by atoms with van der Waals surface area (Å²) in [7, 11) is 0. The number of aromatic nitrogens is 4. The molecule has 2 aromatic rings. The Morgan fingerprint density at radius 3 is 3.09 bits per heavy atom. The molecule has 0 radical (unpaired) electrons. The normalized spacial score (nSPS) is 10.7. The first kappa shape index (κ1) is 7.00. The molecule has 2 rings (SSSR count). The summed E-state index contributed by atoms with van der Waals surface area (Å²) in [6.45, 7) is 0. The number of fused-ring (bicyclic) bond motifs is 1. The molecule has 0 aliphatic rings. The Hall–Kier alpha value is -0.680. The van der Waals surface area contributed by atoms with Crippen molar-refractivity contribution in [3.8, 4) is 0 Å². The molecule has 0 spiro atoms. The lowest BCUT2D eigenvalue weighted by atomic mass is 10.7. The van der Waals surface area contributed by atoms with E-state index in [0.717, 1.165) is 4.47 Å². The van der Waals surface area contributed by atoms with E-state index < -0.39 is 0 Å². The maximum absolute atomic E-state index is 5.67. The van der Waals surface area contributed by atoms with Crippen molar-refractivity contribution in [2.45, 2.75) is 0 Å². The number of hydrogen-bond donors (Lipinski definition) is 0. The lowest BCUT2D eigenvalue weighted by Gasteiger charge is -1.91. The minimum atomic E-state index is 0.314. The Bertz CT molecular complexity index is 398. The Balaban J connectivity index is 2.87. The second-order valence-electron chi connectivity index (χ2n) is 1.91. The van der Waals surface area contributed by atoms with Gasteiger partial charge in [-0.1, -0.05) is 0 Å². The fourth-order valence-electron chi connectivity index (χ4n) is 0.740. The van der Waals surface area contributed by atoms with Crippen LogP contribution in [0.25, 0.3) is 5.78 Å². The van der Waals surface area contributed by atoms with Crippen molar-refractivity contribution in [3.63, 3.8) is 0 Å². The first-order valence-electron chi connectivity index (χ1n) is 2.79. The summed E-state index contributed by atoms with van der Waals surface area (Å²) in [5.74, 6) is 0.498. The molecule has 2 aromatic heterocycles.